The highest BCUT2D eigenvalue weighted by molar-refractivity contribution is 6.15. The summed E-state index contributed by atoms with van der Waals surface area (Å²) >= 11 is 0. The molecule has 1 N–H and O–H groups in total. The van der Waals surface area contributed by atoms with E-state index in [1.807, 2.05) is 59.5 Å². The van der Waals surface area contributed by atoms with Crippen molar-refractivity contribution in [1.29, 1.82) is 0 Å². The highest BCUT2D eigenvalue weighted by Crippen LogP contribution is 2.47. The fraction of sp³-hybridized carbons (Fsp3) is 0.310. The molecule has 0 radical (unpaired) electrons. The Balaban J connectivity index is 1.48. The van der Waals surface area contributed by atoms with E-state index in [0.717, 1.165) is 31.2 Å². The maximum Gasteiger partial charge on any atom is 0.254 e. The Morgan fingerprint density at radius 3 is 2.12 bits per heavy atom. The number of nitrogens with zero attached hydrogens (tertiary/aromatic N) is 1. The van der Waals surface area contributed by atoms with E-state index in [1.54, 1.807) is 30.3 Å². The second kappa shape index (κ2) is 8.95. The van der Waals surface area contributed by atoms with E-state index < -0.39 is 5.60 Å². The second-order valence-electron chi connectivity index (χ2n) is 9.24. The predicted molar refractivity (Wildman–Crippen MR) is 128 cm³/mol. The quantitative estimate of drug-likeness (QED) is 0.568. The minimum absolute atomic E-state index is 0.0108. The van der Waals surface area contributed by atoms with Crippen LogP contribution in [0.15, 0.2) is 84.9 Å². The van der Waals surface area contributed by atoms with Crippen LogP contribution in [0.2, 0.25) is 0 Å². The van der Waals surface area contributed by atoms with Crippen molar-refractivity contribution < 1.29 is 14.7 Å². The third-order valence-electron chi connectivity index (χ3n) is 7.45. The third-order valence-corrected chi connectivity index (χ3v) is 7.45. The van der Waals surface area contributed by atoms with Gasteiger partial charge in [0.2, 0.25) is 0 Å². The minimum atomic E-state index is -0.928. The van der Waals surface area contributed by atoms with Crippen LogP contribution >= 0.6 is 0 Å². The highest BCUT2D eigenvalue weighted by atomic mass is 16.3. The molecular weight excluding hydrogens is 410 g/mol. The number of ketones is 1. The van der Waals surface area contributed by atoms with E-state index in [-0.39, 0.29) is 23.7 Å². The Morgan fingerprint density at radius 2 is 1.39 bits per heavy atom. The molecule has 5 rings (SSSR count). The molecule has 4 heteroatoms. The van der Waals surface area contributed by atoms with Crippen LogP contribution in [0.1, 0.15) is 63.9 Å². The van der Waals surface area contributed by atoms with E-state index in [2.05, 4.69) is 0 Å². The maximum absolute atomic E-state index is 13.9. The molecule has 1 heterocycles. The molecule has 3 aromatic carbocycles. The lowest BCUT2D eigenvalue weighted by Crippen LogP contribution is -2.59. The van der Waals surface area contributed by atoms with Crippen molar-refractivity contribution in [1.82, 2.24) is 4.90 Å². The van der Waals surface area contributed by atoms with Crippen LogP contribution in [-0.2, 0) is 5.60 Å². The van der Waals surface area contributed by atoms with Gasteiger partial charge in [-0.05, 0) is 30.9 Å². The van der Waals surface area contributed by atoms with Crippen LogP contribution in [0.4, 0.5) is 0 Å². The lowest BCUT2D eigenvalue weighted by Gasteiger charge is -2.52. The zero-order chi connectivity index (χ0) is 22.8. The van der Waals surface area contributed by atoms with Gasteiger partial charge in [-0.2, -0.15) is 0 Å². The van der Waals surface area contributed by atoms with Crippen molar-refractivity contribution in [2.24, 2.45) is 5.92 Å². The van der Waals surface area contributed by atoms with Gasteiger partial charge in [-0.1, -0.05) is 91.7 Å². The Labute approximate surface area is 194 Å². The molecule has 0 spiro atoms. The van der Waals surface area contributed by atoms with Crippen molar-refractivity contribution in [3.8, 4) is 0 Å². The van der Waals surface area contributed by atoms with Gasteiger partial charge in [-0.3, -0.25) is 9.59 Å². The molecule has 33 heavy (non-hydrogen) atoms. The Bertz CT molecular complexity index is 1140. The van der Waals surface area contributed by atoms with E-state index in [4.69, 9.17) is 0 Å². The predicted octanol–water partition coefficient (Wildman–Crippen LogP) is 5.21. The highest BCUT2D eigenvalue weighted by Gasteiger charge is 2.50. The summed E-state index contributed by atoms with van der Waals surface area (Å²) in [4.78, 5) is 29.0. The first-order chi connectivity index (χ1) is 16.1. The van der Waals surface area contributed by atoms with Gasteiger partial charge in [0, 0.05) is 29.6 Å². The molecule has 3 atom stereocenters. The normalized spacial score (nSPS) is 24.7. The zero-order valence-corrected chi connectivity index (χ0v) is 18.7. The van der Waals surface area contributed by atoms with Crippen LogP contribution in [-0.4, -0.2) is 34.3 Å². The van der Waals surface area contributed by atoms with E-state index in [1.165, 1.54) is 0 Å². The number of likely N-dealkylation sites (tertiary alicyclic amines) is 1. The number of piperidine rings is 1. The first kappa shape index (κ1) is 21.6. The monoisotopic (exact) mass is 439 g/mol. The topological polar surface area (TPSA) is 57.6 Å². The summed E-state index contributed by atoms with van der Waals surface area (Å²) in [6.07, 6.45) is 4.37. The number of aliphatic hydroxyl groups is 1. The molecule has 0 bridgehead atoms. The van der Waals surface area contributed by atoms with Crippen LogP contribution in [0.3, 0.4) is 0 Å². The summed E-state index contributed by atoms with van der Waals surface area (Å²) in [5.41, 5.74) is 1.47. The average molecular weight is 440 g/mol. The van der Waals surface area contributed by atoms with Crippen molar-refractivity contribution in [3.05, 3.63) is 107 Å². The maximum atomic E-state index is 13.9. The number of fused-ring (bicyclic) bond motifs is 1. The van der Waals surface area contributed by atoms with Gasteiger partial charge in [0.15, 0.2) is 5.78 Å². The van der Waals surface area contributed by atoms with E-state index in [9.17, 15) is 14.7 Å². The van der Waals surface area contributed by atoms with Crippen LogP contribution in [0.25, 0.3) is 0 Å². The average Bonchev–Trinajstić information content (AvgIpc) is 2.89. The van der Waals surface area contributed by atoms with Gasteiger partial charge in [0.25, 0.3) is 5.91 Å². The molecule has 0 aromatic heterocycles. The molecule has 1 aliphatic carbocycles. The molecular formula is C29H29NO3. The number of carbonyl (C=O) groups is 2. The first-order valence-corrected chi connectivity index (χ1v) is 11.9. The molecule has 168 valence electrons. The molecule has 4 nitrogen and oxygen atoms in total. The molecule has 1 saturated heterocycles. The third kappa shape index (κ3) is 3.89. The summed E-state index contributed by atoms with van der Waals surface area (Å²) in [5, 5.41) is 11.8. The molecule has 1 saturated carbocycles. The second-order valence-corrected chi connectivity index (χ2v) is 9.24. The van der Waals surface area contributed by atoms with Crippen molar-refractivity contribution in [2.45, 2.75) is 43.7 Å². The standard InChI is InChI=1S/C29H29NO3/c31-27(21-11-3-1-4-12-21)23-15-7-8-16-24(23)28(32)30-20-19-29(33,22-13-5-2-6-14-22)25-17-9-10-18-26(25)30/h1-8,11-16,25-26,33H,9-10,17-20H2/t25-,26-,29?/m0/s1. The number of carbonyl (C=O) groups excluding carboxylic acids is 2. The summed E-state index contributed by atoms with van der Waals surface area (Å²) in [6, 6.07) is 26.1. The number of hydrogen-bond donors (Lipinski definition) is 1. The number of amides is 1. The molecule has 1 aliphatic heterocycles. The summed E-state index contributed by atoms with van der Waals surface area (Å²) < 4.78 is 0. The van der Waals surface area contributed by atoms with Gasteiger partial charge < -0.3 is 10.0 Å². The molecule has 3 aromatic rings. The molecule has 2 aliphatic rings. The van der Waals surface area contributed by atoms with Crippen LogP contribution in [0, 0.1) is 5.92 Å². The lowest BCUT2D eigenvalue weighted by molar-refractivity contribution is -0.110. The Kier molecular flexibility index (Phi) is 5.86. The summed E-state index contributed by atoms with van der Waals surface area (Å²) in [6.45, 7) is 0.471. The van der Waals surface area contributed by atoms with Gasteiger partial charge >= 0.3 is 0 Å². The fourth-order valence-corrected chi connectivity index (χ4v) is 5.79. The smallest absolute Gasteiger partial charge is 0.254 e. The van der Waals surface area contributed by atoms with E-state index in [0.29, 0.717) is 29.7 Å². The van der Waals surface area contributed by atoms with Crippen LogP contribution in [0.5, 0.6) is 0 Å². The van der Waals surface area contributed by atoms with Crippen molar-refractivity contribution >= 4 is 11.7 Å². The lowest BCUT2D eigenvalue weighted by atomic mass is 9.66. The molecule has 1 unspecified atom stereocenters. The first-order valence-electron chi connectivity index (χ1n) is 11.9. The zero-order valence-electron chi connectivity index (χ0n) is 18.7. The van der Waals surface area contributed by atoms with Gasteiger partial charge in [-0.15, -0.1) is 0 Å². The van der Waals surface area contributed by atoms with Crippen molar-refractivity contribution in [2.75, 3.05) is 6.54 Å². The Morgan fingerprint density at radius 1 is 0.788 bits per heavy atom. The Hall–Kier alpha value is -3.24. The molecule has 1 amide bonds. The van der Waals surface area contributed by atoms with Crippen molar-refractivity contribution in [3.63, 3.8) is 0 Å². The SMILES string of the molecule is O=C(c1ccccc1)c1ccccc1C(=O)N1CCC(O)(c2ccccc2)[C@H]2CCCC[C@@H]21. The number of rotatable bonds is 4. The van der Waals surface area contributed by atoms with Crippen LogP contribution < -0.4 is 0 Å². The summed E-state index contributed by atoms with van der Waals surface area (Å²) in [7, 11) is 0. The largest absolute Gasteiger partial charge is 0.385 e. The van der Waals surface area contributed by atoms with Gasteiger partial charge in [0.1, 0.15) is 0 Å². The minimum Gasteiger partial charge on any atom is -0.385 e. The van der Waals surface area contributed by atoms with Gasteiger partial charge in [0.05, 0.1) is 11.2 Å². The van der Waals surface area contributed by atoms with E-state index >= 15 is 0 Å². The number of benzene rings is 3. The fourth-order valence-electron chi connectivity index (χ4n) is 5.79. The molecule has 2 fully saturated rings. The number of hydrogen-bond acceptors (Lipinski definition) is 3. The summed E-state index contributed by atoms with van der Waals surface area (Å²) in [5.74, 6) is -0.261. The van der Waals surface area contributed by atoms with Gasteiger partial charge in [-0.25, -0.2) is 0 Å².